The molecule has 2 N–H and O–H groups in total. The third kappa shape index (κ3) is 4.63. The van der Waals surface area contributed by atoms with Crippen molar-refractivity contribution in [1.29, 1.82) is 0 Å². The number of benzene rings is 3. The lowest BCUT2D eigenvalue weighted by atomic mass is 9.87. The van der Waals surface area contributed by atoms with E-state index in [2.05, 4.69) is 24.4 Å². The molecular formula is C27H28FNO3. The Morgan fingerprint density at radius 2 is 1.78 bits per heavy atom. The zero-order chi connectivity index (χ0) is 22.5. The van der Waals surface area contributed by atoms with Crippen LogP contribution >= 0.6 is 0 Å². The molecule has 5 heteroatoms. The number of phenolic OH excluding ortho intramolecular Hbond substituents is 1. The minimum atomic E-state index is -0.396. The minimum absolute atomic E-state index is 0.195. The molecule has 3 aromatic rings. The Labute approximate surface area is 188 Å². The van der Waals surface area contributed by atoms with E-state index in [-0.39, 0.29) is 11.5 Å². The van der Waals surface area contributed by atoms with E-state index in [1.54, 1.807) is 18.2 Å². The van der Waals surface area contributed by atoms with E-state index >= 15 is 0 Å². The van der Waals surface area contributed by atoms with Gasteiger partial charge in [-0.15, -0.1) is 0 Å². The van der Waals surface area contributed by atoms with Crippen LogP contribution in [0.1, 0.15) is 35.6 Å². The third-order valence-corrected chi connectivity index (χ3v) is 5.68. The molecule has 4 nitrogen and oxygen atoms in total. The van der Waals surface area contributed by atoms with Crippen molar-refractivity contribution in [3.05, 3.63) is 88.7 Å². The van der Waals surface area contributed by atoms with Gasteiger partial charge in [-0.05, 0) is 83.3 Å². The number of fused-ring (bicyclic) bond motifs is 1. The van der Waals surface area contributed by atoms with Crippen LogP contribution in [0.4, 0.5) is 4.39 Å². The summed E-state index contributed by atoms with van der Waals surface area (Å²) in [5, 5.41) is 12.8. The van der Waals surface area contributed by atoms with Crippen molar-refractivity contribution in [3.63, 3.8) is 0 Å². The van der Waals surface area contributed by atoms with Gasteiger partial charge in [0.25, 0.3) is 0 Å². The minimum Gasteiger partial charge on any atom is -0.508 e. The number of likely N-dealkylation sites (N-methyl/N-ethyl adjacent to an activating group) is 1. The van der Waals surface area contributed by atoms with Crippen LogP contribution in [-0.4, -0.2) is 31.9 Å². The lowest BCUT2D eigenvalue weighted by Crippen LogP contribution is -2.16. The summed E-state index contributed by atoms with van der Waals surface area (Å²) in [6.45, 7) is 3.84. The van der Waals surface area contributed by atoms with Crippen LogP contribution in [0.2, 0.25) is 0 Å². The number of rotatable bonds is 8. The predicted molar refractivity (Wildman–Crippen MR) is 126 cm³/mol. The highest BCUT2D eigenvalue weighted by atomic mass is 19.1. The van der Waals surface area contributed by atoms with Gasteiger partial charge in [-0.2, -0.15) is 0 Å². The van der Waals surface area contributed by atoms with Crippen LogP contribution in [0.3, 0.4) is 0 Å². The molecule has 0 saturated carbocycles. The smallest absolute Gasteiger partial charge is 0.165 e. The van der Waals surface area contributed by atoms with Crippen molar-refractivity contribution < 1.29 is 19.0 Å². The third-order valence-electron chi connectivity index (χ3n) is 5.68. The molecule has 0 bridgehead atoms. The molecule has 0 aromatic heterocycles. The highest BCUT2D eigenvalue weighted by Crippen LogP contribution is 2.38. The van der Waals surface area contributed by atoms with Crippen LogP contribution in [0.15, 0.2) is 60.7 Å². The molecule has 0 fully saturated rings. The van der Waals surface area contributed by atoms with E-state index < -0.39 is 5.82 Å². The number of ether oxygens (including phenoxy) is 2. The predicted octanol–water partition coefficient (Wildman–Crippen LogP) is 5.43. The fraction of sp³-hybridized carbons (Fsp3) is 0.259. The Bertz CT molecular complexity index is 1120. The summed E-state index contributed by atoms with van der Waals surface area (Å²) >= 11 is 0. The second-order valence-electron chi connectivity index (χ2n) is 7.77. The van der Waals surface area contributed by atoms with E-state index in [4.69, 9.17) is 9.47 Å². The van der Waals surface area contributed by atoms with Crippen molar-refractivity contribution in [2.75, 3.05) is 26.8 Å². The number of hydrogen-bond acceptors (Lipinski definition) is 4. The first kappa shape index (κ1) is 21.9. The molecule has 0 aliphatic carbocycles. The molecule has 4 rings (SSSR count). The van der Waals surface area contributed by atoms with Crippen molar-refractivity contribution in [3.8, 4) is 17.2 Å². The van der Waals surface area contributed by atoms with Crippen molar-refractivity contribution in [2.24, 2.45) is 0 Å². The average Bonchev–Trinajstić information content (AvgIpc) is 3.27. The van der Waals surface area contributed by atoms with Gasteiger partial charge in [0.05, 0.1) is 6.61 Å². The molecule has 1 aliphatic heterocycles. The van der Waals surface area contributed by atoms with Gasteiger partial charge in [0, 0.05) is 13.0 Å². The van der Waals surface area contributed by atoms with Crippen molar-refractivity contribution in [2.45, 2.75) is 19.8 Å². The van der Waals surface area contributed by atoms with Crippen LogP contribution in [0.25, 0.3) is 11.1 Å². The largest absolute Gasteiger partial charge is 0.508 e. The molecule has 0 saturated heterocycles. The van der Waals surface area contributed by atoms with Crippen molar-refractivity contribution >= 4 is 11.1 Å². The number of phenols is 1. The molecule has 3 aromatic carbocycles. The summed E-state index contributed by atoms with van der Waals surface area (Å²) in [6.07, 6.45) is 1.65. The Morgan fingerprint density at radius 1 is 1.03 bits per heavy atom. The summed E-state index contributed by atoms with van der Waals surface area (Å²) in [7, 11) is 1.83. The maximum atomic E-state index is 14.9. The van der Waals surface area contributed by atoms with Gasteiger partial charge in [-0.25, -0.2) is 4.39 Å². The Kier molecular flexibility index (Phi) is 6.76. The van der Waals surface area contributed by atoms with Crippen LogP contribution in [0.5, 0.6) is 17.2 Å². The first-order valence-electron chi connectivity index (χ1n) is 11.0. The topological polar surface area (TPSA) is 50.7 Å². The molecule has 32 heavy (non-hydrogen) atoms. The van der Waals surface area contributed by atoms with E-state index in [0.29, 0.717) is 19.8 Å². The second kappa shape index (κ2) is 9.88. The first-order chi connectivity index (χ1) is 15.6. The van der Waals surface area contributed by atoms with Gasteiger partial charge >= 0.3 is 0 Å². The molecule has 1 aliphatic rings. The van der Waals surface area contributed by atoms with Gasteiger partial charge in [0.1, 0.15) is 18.1 Å². The van der Waals surface area contributed by atoms with Gasteiger partial charge in [0.2, 0.25) is 0 Å². The zero-order valence-electron chi connectivity index (χ0n) is 18.5. The van der Waals surface area contributed by atoms with Crippen LogP contribution in [-0.2, 0) is 6.42 Å². The molecule has 0 unspecified atom stereocenters. The summed E-state index contributed by atoms with van der Waals surface area (Å²) in [5.74, 6) is 0.972. The van der Waals surface area contributed by atoms with E-state index in [0.717, 1.165) is 46.4 Å². The summed E-state index contributed by atoms with van der Waals surface area (Å²) in [6, 6.07) is 18.4. The molecule has 0 amide bonds. The maximum Gasteiger partial charge on any atom is 0.165 e. The molecule has 1 heterocycles. The molecular weight excluding hydrogens is 405 g/mol. The summed E-state index contributed by atoms with van der Waals surface area (Å²) in [5.41, 5.74) is 6.01. The van der Waals surface area contributed by atoms with E-state index in [1.807, 2.05) is 31.3 Å². The lowest BCUT2D eigenvalue weighted by molar-refractivity contribution is 0.302. The number of aromatic hydroxyl groups is 1. The van der Waals surface area contributed by atoms with Crippen molar-refractivity contribution in [1.82, 2.24) is 5.32 Å². The highest BCUT2D eigenvalue weighted by Gasteiger charge is 2.18. The van der Waals surface area contributed by atoms with Crippen LogP contribution < -0.4 is 14.8 Å². The standard InChI is InChI=1S/C27H28FNO3/c1-3-23(19-6-10-25-20(16-19)12-14-31-25)27(18-4-8-22(30)9-5-18)21-7-11-26(24(28)17-21)32-15-13-29-2/h4-11,16-17,29-30H,3,12-15H2,1-2H3. The molecule has 0 spiro atoms. The first-order valence-corrected chi connectivity index (χ1v) is 11.0. The molecule has 0 radical (unpaired) electrons. The Hall–Kier alpha value is -3.31. The zero-order valence-corrected chi connectivity index (χ0v) is 18.5. The number of nitrogens with one attached hydrogen (secondary N) is 1. The number of allylic oxidation sites excluding steroid dienone is 1. The monoisotopic (exact) mass is 433 g/mol. The lowest BCUT2D eigenvalue weighted by Gasteiger charge is -2.18. The van der Waals surface area contributed by atoms with Gasteiger partial charge < -0.3 is 19.9 Å². The Morgan fingerprint density at radius 3 is 2.50 bits per heavy atom. The Balaban J connectivity index is 1.83. The van der Waals surface area contributed by atoms with E-state index in [9.17, 15) is 9.50 Å². The van der Waals surface area contributed by atoms with Gasteiger partial charge in [-0.3, -0.25) is 0 Å². The molecule has 0 atom stereocenters. The number of halogens is 1. The van der Waals surface area contributed by atoms with Gasteiger partial charge in [-0.1, -0.05) is 31.2 Å². The normalized spacial score (nSPS) is 13.3. The van der Waals surface area contributed by atoms with Crippen LogP contribution in [0, 0.1) is 5.82 Å². The molecule has 166 valence electrons. The van der Waals surface area contributed by atoms with Gasteiger partial charge in [0.15, 0.2) is 11.6 Å². The summed E-state index contributed by atoms with van der Waals surface area (Å²) < 4.78 is 26.2. The average molecular weight is 434 g/mol. The summed E-state index contributed by atoms with van der Waals surface area (Å²) in [4.78, 5) is 0. The highest BCUT2D eigenvalue weighted by molar-refractivity contribution is 5.98. The van der Waals surface area contributed by atoms with E-state index in [1.165, 1.54) is 11.6 Å². The number of hydrogen-bond donors (Lipinski definition) is 2. The SMILES string of the molecule is CCC(=C(c1ccc(O)cc1)c1ccc(OCCNC)c(F)c1)c1ccc2c(c1)CCO2. The quantitative estimate of drug-likeness (QED) is 0.367. The fourth-order valence-corrected chi connectivity index (χ4v) is 4.08. The fourth-order valence-electron chi connectivity index (χ4n) is 4.08. The maximum absolute atomic E-state index is 14.9. The second-order valence-corrected chi connectivity index (χ2v) is 7.77.